The van der Waals surface area contributed by atoms with Crippen molar-refractivity contribution >= 4 is 23.6 Å². The van der Waals surface area contributed by atoms with Gasteiger partial charge in [-0.05, 0) is 55.0 Å². The minimum absolute atomic E-state index is 0.0483. The maximum absolute atomic E-state index is 13.0. The molecular weight excluding hydrogens is 443 g/mol. The summed E-state index contributed by atoms with van der Waals surface area (Å²) < 4.78 is 18.5. The third-order valence-corrected chi connectivity index (χ3v) is 6.41. The van der Waals surface area contributed by atoms with Crippen molar-refractivity contribution in [2.75, 3.05) is 18.8 Å². The number of hydrogen-bond acceptors (Lipinski definition) is 6. The van der Waals surface area contributed by atoms with Gasteiger partial charge >= 0.3 is 0 Å². The molecule has 0 aliphatic carbocycles. The first-order chi connectivity index (χ1) is 16.1. The molecule has 2 amide bonds. The molecule has 1 fully saturated rings. The monoisotopic (exact) mass is 468 g/mol. The van der Waals surface area contributed by atoms with Crippen LogP contribution in [0.5, 0.6) is 0 Å². The van der Waals surface area contributed by atoms with Gasteiger partial charge in [-0.1, -0.05) is 42.1 Å². The van der Waals surface area contributed by atoms with E-state index in [0.717, 1.165) is 32.4 Å². The summed E-state index contributed by atoms with van der Waals surface area (Å²) in [6.45, 7) is 1.58. The van der Waals surface area contributed by atoms with Gasteiger partial charge in [0, 0.05) is 18.7 Å². The summed E-state index contributed by atoms with van der Waals surface area (Å²) in [6.07, 6.45) is 3.06. The lowest BCUT2D eigenvalue weighted by molar-refractivity contribution is -0.129. The fourth-order valence-corrected chi connectivity index (χ4v) is 4.46. The lowest BCUT2D eigenvalue weighted by atomic mass is 9.90. The lowest BCUT2D eigenvalue weighted by Gasteiger charge is -2.32. The Kier molecular flexibility index (Phi) is 7.72. The van der Waals surface area contributed by atoms with Crippen molar-refractivity contribution in [3.63, 3.8) is 0 Å². The number of halogens is 1. The van der Waals surface area contributed by atoms with E-state index in [0.29, 0.717) is 11.5 Å². The molecule has 3 aromatic rings. The normalized spacial score (nSPS) is 14.3. The molecule has 33 heavy (non-hydrogen) atoms. The van der Waals surface area contributed by atoms with E-state index in [-0.39, 0.29) is 35.2 Å². The molecule has 2 heterocycles. The summed E-state index contributed by atoms with van der Waals surface area (Å²) in [5.41, 5.74) is 1.68. The number of carbonyl (C=O) groups is 2. The number of amides is 2. The Hall–Kier alpha value is -3.20. The Labute approximate surface area is 195 Å². The highest BCUT2D eigenvalue weighted by atomic mass is 32.2. The van der Waals surface area contributed by atoms with Crippen LogP contribution in [0.15, 0.2) is 64.2 Å². The zero-order valence-corrected chi connectivity index (χ0v) is 18.9. The summed E-state index contributed by atoms with van der Waals surface area (Å²) in [6, 6.07) is 15.7. The molecule has 0 unspecified atom stereocenters. The van der Waals surface area contributed by atoms with Gasteiger partial charge in [0.15, 0.2) is 0 Å². The molecule has 1 saturated heterocycles. The third kappa shape index (κ3) is 6.64. The Morgan fingerprint density at radius 1 is 1.06 bits per heavy atom. The van der Waals surface area contributed by atoms with Gasteiger partial charge in [-0.25, -0.2) is 4.39 Å². The van der Waals surface area contributed by atoms with E-state index in [4.69, 9.17) is 4.42 Å². The van der Waals surface area contributed by atoms with E-state index < -0.39 is 5.82 Å². The number of likely N-dealkylation sites (tertiary alicyclic amines) is 1. The van der Waals surface area contributed by atoms with Crippen LogP contribution in [0.25, 0.3) is 0 Å². The summed E-state index contributed by atoms with van der Waals surface area (Å²) in [5.74, 6) is 0.356. The zero-order valence-electron chi connectivity index (χ0n) is 18.1. The number of rotatable bonds is 8. The van der Waals surface area contributed by atoms with Crippen LogP contribution in [0.3, 0.4) is 0 Å². The van der Waals surface area contributed by atoms with E-state index in [9.17, 15) is 14.0 Å². The van der Waals surface area contributed by atoms with Crippen molar-refractivity contribution in [2.24, 2.45) is 5.92 Å². The Bertz CT molecular complexity index is 1070. The van der Waals surface area contributed by atoms with Crippen molar-refractivity contribution in [3.8, 4) is 0 Å². The van der Waals surface area contributed by atoms with Gasteiger partial charge in [0.2, 0.25) is 11.8 Å². The highest BCUT2D eigenvalue weighted by Crippen LogP contribution is 2.23. The Morgan fingerprint density at radius 3 is 2.52 bits per heavy atom. The third-order valence-electron chi connectivity index (χ3n) is 5.61. The number of hydrogen-bond donors (Lipinski definition) is 1. The molecule has 172 valence electrons. The molecule has 2 aromatic carbocycles. The number of nitrogens with zero attached hydrogens (tertiary/aromatic N) is 3. The number of thioether (sulfide) groups is 1. The number of aromatic nitrogens is 2. The minimum Gasteiger partial charge on any atom is -0.414 e. The predicted molar refractivity (Wildman–Crippen MR) is 122 cm³/mol. The molecule has 0 saturated carbocycles. The van der Waals surface area contributed by atoms with Crippen molar-refractivity contribution < 1.29 is 18.4 Å². The quantitative estimate of drug-likeness (QED) is 0.507. The van der Waals surface area contributed by atoms with Gasteiger partial charge in [0.05, 0.1) is 12.3 Å². The molecule has 7 nitrogen and oxygen atoms in total. The van der Waals surface area contributed by atoms with E-state index in [1.165, 1.54) is 41.6 Å². The van der Waals surface area contributed by atoms with Gasteiger partial charge in [0.1, 0.15) is 5.82 Å². The summed E-state index contributed by atoms with van der Waals surface area (Å²) in [7, 11) is 0. The fourth-order valence-electron chi connectivity index (χ4n) is 3.78. The minimum atomic E-state index is -0.406. The molecule has 1 aromatic heterocycles. The molecular formula is C24H25FN4O3S. The Balaban J connectivity index is 1.17. The zero-order chi connectivity index (χ0) is 23.0. The van der Waals surface area contributed by atoms with Crippen molar-refractivity contribution in [1.82, 2.24) is 20.4 Å². The highest BCUT2D eigenvalue weighted by molar-refractivity contribution is 7.99. The molecule has 0 atom stereocenters. The predicted octanol–water partition coefficient (Wildman–Crippen LogP) is 3.71. The molecule has 0 spiro atoms. The second-order valence-corrected chi connectivity index (χ2v) is 8.88. The van der Waals surface area contributed by atoms with Crippen LogP contribution in [0.2, 0.25) is 0 Å². The molecule has 4 rings (SSSR count). The van der Waals surface area contributed by atoms with Crippen LogP contribution in [0, 0.1) is 11.7 Å². The summed E-state index contributed by atoms with van der Waals surface area (Å²) in [5, 5.41) is 10.8. The number of nitrogens with one attached hydrogen (secondary N) is 1. The first-order valence-electron chi connectivity index (χ1n) is 10.9. The van der Waals surface area contributed by atoms with Crippen LogP contribution in [-0.4, -0.2) is 45.8 Å². The van der Waals surface area contributed by atoms with Crippen LogP contribution in [0.1, 0.15) is 34.7 Å². The number of piperidine rings is 1. The van der Waals surface area contributed by atoms with Crippen molar-refractivity contribution in [2.45, 2.75) is 31.0 Å². The second-order valence-electron chi connectivity index (χ2n) is 7.95. The van der Waals surface area contributed by atoms with Crippen molar-refractivity contribution in [3.05, 3.63) is 77.4 Å². The van der Waals surface area contributed by atoms with E-state index in [1.807, 2.05) is 11.0 Å². The first kappa shape index (κ1) is 23.0. The lowest BCUT2D eigenvalue weighted by Crippen LogP contribution is -2.39. The SMILES string of the molecule is O=C(NCc1nnc(SCC(=O)N2CCC(Cc3ccccc3)CC2)o1)c1ccc(F)cc1. The molecule has 1 N–H and O–H groups in total. The van der Waals surface area contributed by atoms with Crippen LogP contribution in [-0.2, 0) is 17.8 Å². The average Bonchev–Trinajstić information content (AvgIpc) is 3.30. The van der Waals surface area contributed by atoms with E-state index in [2.05, 4.69) is 39.8 Å². The van der Waals surface area contributed by atoms with E-state index >= 15 is 0 Å². The van der Waals surface area contributed by atoms with Crippen LogP contribution in [0.4, 0.5) is 4.39 Å². The number of carbonyl (C=O) groups excluding carboxylic acids is 2. The van der Waals surface area contributed by atoms with Gasteiger partial charge in [0.25, 0.3) is 11.1 Å². The molecule has 0 radical (unpaired) electrons. The van der Waals surface area contributed by atoms with Crippen LogP contribution >= 0.6 is 11.8 Å². The van der Waals surface area contributed by atoms with Crippen molar-refractivity contribution in [1.29, 1.82) is 0 Å². The maximum atomic E-state index is 13.0. The molecule has 9 heteroatoms. The van der Waals surface area contributed by atoms with Gasteiger partial charge in [-0.2, -0.15) is 0 Å². The molecule has 1 aliphatic rings. The van der Waals surface area contributed by atoms with E-state index in [1.54, 1.807) is 0 Å². The van der Waals surface area contributed by atoms with Crippen LogP contribution < -0.4 is 5.32 Å². The van der Waals surface area contributed by atoms with Gasteiger partial charge < -0.3 is 14.6 Å². The highest BCUT2D eigenvalue weighted by Gasteiger charge is 2.23. The summed E-state index contributed by atoms with van der Waals surface area (Å²) >= 11 is 1.19. The summed E-state index contributed by atoms with van der Waals surface area (Å²) in [4.78, 5) is 26.5. The van der Waals surface area contributed by atoms with Gasteiger partial charge in [-0.3, -0.25) is 9.59 Å². The topological polar surface area (TPSA) is 88.3 Å². The largest absolute Gasteiger partial charge is 0.414 e. The smallest absolute Gasteiger partial charge is 0.277 e. The molecule has 1 aliphatic heterocycles. The average molecular weight is 469 g/mol. The standard InChI is InChI=1S/C24H25FN4O3S/c25-20-8-6-19(7-9-20)23(31)26-15-21-27-28-24(32-21)33-16-22(30)29-12-10-18(11-13-29)14-17-4-2-1-3-5-17/h1-9,18H,10-16H2,(H,26,31). The molecule has 0 bridgehead atoms. The second kappa shape index (κ2) is 11.1. The fraction of sp³-hybridized carbons (Fsp3) is 0.333. The number of benzene rings is 2. The van der Waals surface area contributed by atoms with Gasteiger partial charge in [-0.15, -0.1) is 10.2 Å². The first-order valence-corrected chi connectivity index (χ1v) is 11.9. The maximum Gasteiger partial charge on any atom is 0.277 e. The Morgan fingerprint density at radius 2 is 1.79 bits per heavy atom.